The predicted molar refractivity (Wildman–Crippen MR) is 102 cm³/mol. The van der Waals surface area contributed by atoms with Gasteiger partial charge < -0.3 is 5.32 Å². The summed E-state index contributed by atoms with van der Waals surface area (Å²) < 4.78 is 26.9. The van der Waals surface area contributed by atoms with Gasteiger partial charge in [-0.15, -0.1) is 0 Å². The van der Waals surface area contributed by atoms with Crippen molar-refractivity contribution in [1.29, 1.82) is 0 Å². The fourth-order valence-corrected chi connectivity index (χ4v) is 5.11. The van der Waals surface area contributed by atoms with Crippen molar-refractivity contribution < 1.29 is 13.2 Å². The molecule has 1 aliphatic heterocycles. The van der Waals surface area contributed by atoms with Crippen LogP contribution in [-0.2, 0) is 14.8 Å². The van der Waals surface area contributed by atoms with Crippen molar-refractivity contribution >= 4 is 15.9 Å². The summed E-state index contributed by atoms with van der Waals surface area (Å²) in [7, 11) is -3.51. The van der Waals surface area contributed by atoms with Crippen LogP contribution < -0.4 is 5.32 Å². The Labute approximate surface area is 156 Å². The van der Waals surface area contributed by atoms with E-state index in [0.717, 1.165) is 24.8 Å². The van der Waals surface area contributed by atoms with Crippen LogP contribution in [0.1, 0.15) is 44.6 Å². The molecule has 0 spiro atoms. The molecule has 2 atom stereocenters. The first kappa shape index (κ1) is 19.1. The molecule has 1 N–H and O–H groups in total. The molecule has 6 heteroatoms. The Hall–Kier alpha value is -1.66. The molecular weight excluding hydrogens is 348 g/mol. The van der Waals surface area contributed by atoms with Crippen LogP contribution in [0, 0.1) is 12.8 Å². The van der Waals surface area contributed by atoms with Crippen molar-refractivity contribution in [1.82, 2.24) is 9.62 Å². The van der Waals surface area contributed by atoms with Gasteiger partial charge in [-0.05, 0) is 44.2 Å². The second-order valence-corrected chi connectivity index (χ2v) is 9.44. The van der Waals surface area contributed by atoms with E-state index in [1.54, 1.807) is 30.3 Å². The number of sulfonamides is 1. The van der Waals surface area contributed by atoms with E-state index >= 15 is 0 Å². The SMILES string of the molecule is Cc1ccc(S(=O)(=O)N2CC=C(C(=O)N[C@H]3CCCC[C@H]3C)CC2)cc1. The summed E-state index contributed by atoms with van der Waals surface area (Å²) in [6.45, 7) is 4.71. The third-order valence-electron chi connectivity index (χ3n) is 5.55. The molecule has 0 unspecified atom stereocenters. The van der Waals surface area contributed by atoms with Gasteiger partial charge in [0.15, 0.2) is 0 Å². The minimum atomic E-state index is -3.51. The van der Waals surface area contributed by atoms with Crippen LogP contribution in [0.3, 0.4) is 0 Å². The van der Waals surface area contributed by atoms with E-state index in [1.165, 1.54) is 10.7 Å². The van der Waals surface area contributed by atoms with Crippen LogP contribution in [0.5, 0.6) is 0 Å². The summed E-state index contributed by atoms with van der Waals surface area (Å²) in [4.78, 5) is 12.8. The molecule has 26 heavy (non-hydrogen) atoms. The Bertz CT molecular complexity index is 784. The number of carbonyl (C=O) groups excluding carboxylic acids is 1. The smallest absolute Gasteiger partial charge is 0.247 e. The fraction of sp³-hybridized carbons (Fsp3) is 0.550. The first-order valence-corrected chi connectivity index (χ1v) is 10.9. The first-order chi connectivity index (χ1) is 12.4. The quantitative estimate of drug-likeness (QED) is 0.878. The zero-order valence-corrected chi connectivity index (χ0v) is 16.4. The molecule has 0 saturated heterocycles. The van der Waals surface area contributed by atoms with Crippen molar-refractivity contribution in [3.05, 3.63) is 41.5 Å². The molecule has 1 fully saturated rings. The fourth-order valence-electron chi connectivity index (χ4n) is 3.73. The maximum atomic E-state index is 12.7. The van der Waals surface area contributed by atoms with E-state index in [1.807, 2.05) is 6.92 Å². The highest BCUT2D eigenvalue weighted by molar-refractivity contribution is 7.89. The van der Waals surface area contributed by atoms with Crippen LogP contribution >= 0.6 is 0 Å². The average Bonchev–Trinajstić information content (AvgIpc) is 2.64. The summed E-state index contributed by atoms with van der Waals surface area (Å²) >= 11 is 0. The Morgan fingerprint density at radius 3 is 2.46 bits per heavy atom. The molecule has 0 radical (unpaired) electrons. The molecule has 2 aliphatic rings. The number of benzene rings is 1. The second-order valence-electron chi connectivity index (χ2n) is 7.50. The molecule has 1 amide bonds. The van der Waals surface area contributed by atoms with E-state index in [-0.39, 0.29) is 18.5 Å². The third kappa shape index (κ3) is 4.18. The van der Waals surface area contributed by atoms with Gasteiger partial charge in [0.05, 0.1) is 4.90 Å². The largest absolute Gasteiger partial charge is 0.349 e. The van der Waals surface area contributed by atoms with Crippen LogP contribution in [0.2, 0.25) is 0 Å². The highest BCUT2D eigenvalue weighted by Gasteiger charge is 2.29. The molecule has 1 heterocycles. The highest BCUT2D eigenvalue weighted by Crippen LogP contribution is 2.25. The molecule has 5 nitrogen and oxygen atoms in total. The Morgan fingerprint density at radius 1 is 1.15 bits per heavy atom. The van der Waals surface area contributed by atoms with E-state index in [4.69, 9.17) is 0 Å². The van der Waals surface area contributed by atoms with Gasteiger partial charge in [0.25, 0.3) is 0 Å². The zero-order valence-electron chi connectivity index (χ0n) is 15.6. The van der Waals surface area contributed by atoms with Gasteiger partial charge in [0.1, 0.15) is 0 Å². The Balaban J connectivity index is 1.64. The van der Waals surface area contributed by atoms with Crippen molar-refractivity contribution in [2.24, 2.45) is 5.92 Å². The molecule has 0 bridgehead atoms. The van der Waals surface area contributed by atoms with Crippen molar-refractivity contribution in [2.75, 3.05) is 13.1 Å². The Morgan fingerprint density at radius 2 is 1.85 bits per heavy atom. The lowest BCUT2D eigenvalue weighted by Crippen LogP contribution is -2.43. The number of rotatable bonds is 4. The molecule has 1 aliphatic carbocycles. The van der Waals surface area contributed by atoms with E-state index in [2.05, 4.69) is 12.2 Å². The maximum absolute atomic E-state index is 12.7. The zero-order chi connectivity index (χ0) is 18.7. The van der Waals surface area contributed by atoms with Gasteiger partial charge in [-0.2, -0.15) is 4.31 Å². The number of hydrogen-bond acceptors (Lipinski definition) is 3. The van der Waals surface area contributed by atoms with Crippen molar-refractivity contribution in [3.8, 4) is 0 Å². The van der Waals surface area contributed by atoms with Crippen LogP contribution in [0.15, 0.2) is 40.8 Å². The summed E-state index contributed by atoms with van der Waals surface area (Å²) in [5.41, 5.74) is 1.73. The summed E-state index contributed by atoms with van der Waals surface area (Å²) in [6.07, 6.45) is 6.82. The number of hydrogen-bond donors (Lipinski definition) is 1. The third-order valence-corrected chi connectivity index (χ3v) is 7.43. The lowest BCUT2D eigenvalue weighted by atomic mass is 9.85. The molecule has 1 aromatic rings. The Kier molecular flexibility index (Phi) is 5.82. The minimum absolute atomic E-state index is 0.0314. The molecule has 3 rings (SSSR count). The van der Waals surface area contributed by atoms with Gasteiger partial charge >= 0.3 is 0 Å². The lowest BCUT2D eigenvalue weighted by molar-refractivity contribution is -0.119. The van der Waals surface area contributed by atoms with E-state index in [0.29, 0.717) is 29.4 Å². The van der Waals surface area contributed by atoms with E-state index < -0.39 is 10.0 Å². The minimum Gasteiger partial charge on any atom is -0.349 e. The van der Waals surface area contributed by atoms with Crippen molar-refractivity contribution in [2.45, 2.75) is 56.9 Å². The van der Waals surface area contributed by atoms with Crippen LogP contribution in [-0.4, -0.2) is 37.8 Å². The topological polar surface area (TPSA) is 66.5 Å². The van der Waals surface area contributed by atoms with Gasteiger partial charge in [0.2, 0.25) is 15.9 Å². The number of nitrogens with one attached hydrogen (secondary N) is 1. The summed E-state index contributed by atoms with van der Waals surface area (Å²) in [5.74, 6) is 0.478. The monoisotopic (exact) mass is 376 g/mol. The number of aryl methyl sites for hydroxylation is 1. The summed E-state index contributed by atoms with van der Waals surface area (Å²) in [5, 5.41) is 3.15. The van der Waals surface area contributed by atoms with Gasteiger partial charge in [-0.25, -0.2) is 8.42 Å². The number of nitrogens with zero attached hydrogens (tertiary/aromatic N) is 1. The second kappa shape index (κ2) is 7.92. The predicted octanol–water partition coefficient (Wildman–Crippen LogP) is 3.01. The number of carbonyl (C=O) groups is 1. The molecule has 1 aromatic carbocycles. The lowest BCUT2D eigenvalue weighted by Gasteiger charge is -2.31. The van der Waals surface area contributed by atoms with Crippen LogP contribution in [0.4, 0.5) is 0 Å². The molecule has 1 saturated carbocycles. The van der Waals surface area contributed by atoms with Crippen molar-refractivity contribution in [3.63, 3.8) is 0 Å². The maximum Gasteiger partial charge on any atom is 0.247 e. The van der Waals surface area contributed by atoms with E-state index in [9.17, 15) is 13.2 Å². The summed E-state index contributed by atoms with van der Waals surface area (Å²) in [6, 6.07) is 7.13. The normalized spacial score (nSPS) is 24.8. The van der Waals surface area contributed by atoms with Gasteiger partial charge in [0, 0.05) is 24.7 Å². The average molecular weight is 377 g/mol. The van der Waals surface area contributed by atoms with Gasteiger partial charge in [-0.1, -0.05) is 43.5 Å². The van der Waals surface area contributed by atoms with Crippen LogP contribution in [0.25, 0.3) is 0 Å². The van der Waals surface area contributed by atoms with Gasteiger partial charge in [-0.3, -0.25) is 4.79 Å². The molecule has 0 aromatic heterocycles. The molecular formula is C20H28N2O3S. The first-order valence-electron chi connectivity index (χ1n) is 9.44. The number of amides is 1. The standard InChI is InChI=1S/C20H28N2O3S/c1-15-7-9-18(10-8-15)26(24,25)22-13-11-17(12-14-22)20(23)21-19-6-4-3-5-16(19)2/h7-11,16,19H,3-6,12-14H2,1-2H3,(H,21,23)/t16-,19+/m1/s1. The highest BCUT2D eigenvalue weighted by atomic mass is 32.2. The molecule has 142 valence electrons.